The Bertz CT molecular complexity index is 497. The van der Waals surface area contributed by atoms with E-state index in [0.717, 1.165) is 6.07 Å². The second kappa shape index (κ2) is 6.10. The highest BCUT2D eigenvalue weighted by atomic mass is 32.2. The fraction of sp³-hybridized carbons (Fsp3) is 0.125. The maximum Gasteiger partial charge on any atom is 0.294 e. The molecule has 0 aliphatic rings. The maximum absolute atomic E-state index is 11.1. The largest absolute Gasteiger partial charge is 0.303 e. The van der Waals surface area contributed by atoms with Crippen LogP contribution in [0, 0.1) is 0 Å². The van der Waals surface area contributed by atoms with Gasteiger partial charge in [-0.3, -0.25) is 4.55 Å². The van der Waals surface area contributed by atoms with E-state index in [2.05, 4.69) is 9.37 Å². The summed E-state index contributed by atoms with van der Waals surface area (Å²) in [6.45, 7) is 0. The molecule has 0 saturated heterocycles. The summed E-state index contributed by atoms with van der Waals surface area (Å²) in [6.07, 6.45) is 0.377. The summed E-state index contributed by atoms with van der Waals surface area (Å²) in [4.78, 5) is 10.2. The summed E-state index contributed by atoms with van der Waals surface area (Å²) in [5.74, 6) is 0. The molecule has 1 rings (SSSR count). The van der Waals surface area contributed by atoms with Gasteiger partial charge in [-0.1, -0.05) is 11.1 Å². The van der Waals surface area contributed by atoms with Crippen LogP contribution < -0.4 is 0 Å². The predicted molar refractivity (Wildman–Crippen MR) is 56.7 cm³/mol. The van der Waals surface area contributed by atoms with Crippen molar-refractivity contribution in [2.24, 2.45) is 0 Å². The Morgan fingerprint density at radius 3 is 2.65 bits per heavy atom. The van der Waals surface area contributed by atoms with E-state index in [1.54, 1.807) is 0 Å². The van der Waals surface area contributed by atoms with Crippen molar-refractivity contribution < 1.29 is 32.4 Å². The van der Waals surface area contributed by atoms with Gasteiger partial charge in [0.2, 0.25) is 0 Å². The lowest BCUT2D eigenvalue weighted by molar-refractivity contribution is -0.432. The van der Waals surface area contributed by atoms with E-state index in [1.165, 1.54) is 12.1 Å². The van der Waals surface area contributed by atoms with E-state index in [4.69, 9.17) is 9.81 Å². The molecule has 0 spiro atoms. The Morgan fingerprint density at radius 1 is 1.41 bits per heavy atom. The topological polar surface area (TPSA) is 110 Å². The van der Waals surface area contributed by atoms with Crippen molar-refractivity contribution in [3.63, 3.8) is 0 Å². The average molecular weight is 280 g/mol. The number of rotatable bonds is 6. The van der Waals surface area contributed by atoms with Crippen LogP contribution in [0.3, 0.4) is 0 Å². The number of hydrogen-bond donors (Lipinski definition) is 2. The van der Waals surface area contributed by atoms with Crippen LogP contribution in [-0.4, -0.2) is 24.5 Å². The molecule has 7 nitrogen and oxygen atoms in total. The summed E-state index contributed by atoms with van der Waals surface area (Å²) in [5.41, 5.74) is 0.164. The van der Waals surface area contributed by atoms with E-state index in [1.807, 2.05) is 0 Å². The predicted octanol–water partition coefficient (Wildman–Crippen LogP) is 1.10. The van der Waals surface area contributed by atoms with Crippen LogP contribution in [0.15, 0.2) is 28.0 Å². The number of benzene rings is 1. The Morgan fingerprint density at radius 2 is 2.12 bits per heavy atom. The minimum absolute atomic E-state index is 0.141. The van der Waals surface area contributed by atoms with Crippen molar-refractivity contribution in [2.45, 2.75) is 16.2 Å². The average Bonchev–Trinajstić information content (AvgIpc) is 2.26. The van der Waals surface area contributed by atoms with Crippen LogP contribution in [0.4, 0.5) is 0 Å². The molecule has 0 heterocycles. The van der Waals surface area contributed by atoms with Crippen LogP contribution in [0.5, 0.6) is 0 Å². The summed E-state index contributed by atoms with van der Waals surface area (Å²) in [6, 6.07) is 3.88. The van der Waals surface area contributed by atoms with Gasteiger partial charge in [0.1, 0.15) is 6.29 Å². The van der Waals surface area contributed by atoms with Crippen LogP contribution in [0.2, 0.25) is 0 Å². The molecule has 17 heavy (non-hydrogen) atoms. The minimum atomic E-state index is -4.43. The third-order valence-electron chi connectivity index (χ3n) is 1.78. The number of carbonyl (C=O) groups is 1. The smallest absolute Gasteiger partial charge is 0.294 e. The third kappa shape index (κ3) is 4.07. The molecule has 0 radical (unpaired) electrons. The van der Waals surface area contributed by atoms with Crippen molar-refractivity contribution in [2.75, 3.05) is 0 Å². The van der Waals surface area contributed by atoms with Crippen LogP contribution >= 0.6 is 12.0 Å². The lowest BCUT2D eigenvalue weighted by Crippen LogP contribution is -2.04. The Balaban J connectivity index is 3.15. The normalized spacial score (nSPS) is 11.4. The lowest BCUT2D eigenvalue weighted by Gasteiger charge is -2.06. The highest BCUT2D eigenvalue weighted by Gasteiger charge is 2.16. The van der Waals surface area contributed by atoms with E-state index < -0.39 is 15.0 Å². The van der Waals surface area contributed by atoms with Gasteiger partial charge < -0.3 is 4.79 Å². The molecular weight excluding hydrogens is 272 g/mol. The van der Waals surface area contributed by atoms with Crippen molar-refractivity contribution in [3.8, 4) is 0 Å². The zero-order valence-electron chi connectivity index (χ0n) is 8.27. The quantitative estimate of drug-likeness (QED) is 0.262. The number of hydrogen-bond acceptors (Lipinski definition) is 7. The molecule has 0 saturated carbocycles. The lowest BCUT2D eigenvalue weighted by atomic mass is 10.2. The fourth-order valence-electron chi connectivity index (χ4n) is 1.14. The number of carbonyl (C=O) groups excluding carboxylic acids is 1. The van der Waals surface area contributed by atoms with Crippen LogP contribution in [-0.2, 0) is 30.7 Å². The molecule has 1 aromatic rings. The van der Waals surface area contributed by atoms with E-state index in [0.29, 0.717) is 18.3 Å². The fourth-order valence-corrected chi connectivity index (χ4v) is 2.37. The summed E-state index contributed by atoms with van der Waals surface area (Å²) < 4.78 is 35.2. The molecule has 0 unspecified atom stereocenters. The van der Waals surface area contributed by atoms with E-state index in [9.17, 15) is 13.2 Å². The van der Waals surface area contributed by atoms with Crippen LogP contribution in [0.1, 0.15) is 5.56 Å². The summed E-state index contributed by atoms with van der Waals surface area (Å²) in [5, 5.41) is 11.3. The van der Waals surface area contributed by atoms with Crippen molar-refractivity contribution >= 4 is 28.4 Å². The molecule has 0 aliphatic heterocycles. The first kappa shape index (κ1) is 14.1. The standard InChI is InChI=1S/C8H8O7S2/c9-4-3-6-1-2-7(16-15-14-10)5-8(6)17(11,12)13/h1-2,4-5,10H,3H2,(H,11,12,13). The van der Waals surface area contributed by atoms with Gasteiger partial charge in [0.15, 0.2) is 0 Å². The summed E-state index contributed by atoms with van der Waals surface area (Å²) >= 11 is 0.541. The second-order valence-corrected chi connectivity index (χ2v) is 5.01. The van der Waals surface area contributed by atoms with Gasteiger partial charge in [0.05, 0.1) is 16.9 Å². The van der Waals surface area contributed by atoms with Crippen molar-refractivity contribution in [3.05, 3.63) is 23.8 Å². The molecule has 1 aromatic carbocycles. The Hall–Kier alpha value is -0.970. The highest BCUT2D eigenvalue weighted by molar-refractivity contribution is 7.94. The van der Waals surface area contributed by atoms with E-state index >= 15 is 0 Å². The van der Waals surface area contributed by atoms with Crippen molar-refractivity contribution in [1.82, 2.24) is 0 Å². The van der Waals surface area contributed by atoms with Gasteiger partial charge in [-0.25, -0.2) is 5.26 Å². The first-order valence-electron chi connectivity index (χ1n) is 4.18. The van der Waals surface area contributed by atoms with Gasteiger partial charge >= 0.3 is 0 Å². The molecule has 0 amide bonds. The minimum Gasteiger partial charge on any atom is -0.303 e. The van der Waals surface area contributed by atoms with Gasteiger partial charge in [0, 0.05) is 11.3 Å². The molecule has 0 fully saturated rings. The first-order valence-corrected chi connectivity index (χ1v) is 6.36. The number of aldehydes is 1. The van der Waals surface area contributed by atoms with Gasteiger partial charge in [0.25, 0.3) is 10.1 Å². The zero-order valence-corrected chi connectivity index (χ0v) is 9.90. The molecule has 0 atom stereocenters. The maximum atomic E-state index is 11.1. The molecule has 0 bridgehead atoms. The first-order chi connectivity index (χ1) is 7.99. The molecule has 0 aromatic heterocycles. The SMILES string of the molecule is O=CCc1ccc(SOOO)cc1S(=O)(=O)O. The summed E-state index contributed by atoms with van der Waals surface area (Å²) in [7, 11) is -4.43. The molecule has 9 heteroatoms. The second-order valence-electron chi connectivity index (χ2n) is 2.84. The third-order valence-corrected chi connectivity index (χ3v) is 3.29. The Kier molecular flexibility index (Phi) is 5.05. The molecule has 0 aliphatic carbocycles. The van der Waals surface area contributed by atoms with Gasteiger partial charge in [-0.2, -0.15) is 8.42 Å². The van der Waals surface area contributed by atoms with Crippen LogP contribution in [0.25, 0.3) is 0 Å². The van der Waals surface area contributed by atoms with Gasteiger partial charge in [-0.05, 0) is 17.7 Å². The molecule has 2 N–H and O–H groups in total. The zero-order chi connectivity index (χ0) is 12.9. The highest BCUT2D eigenvalue weighted by Crippen LogP contribution is 2.25. The molecule has 94 valence electrons. The van der Waals surface area contributed by atoms with Crippen molar-refractivity contribution in [1.29, 1.82) is 0 Å². The van der Waals surface area contributed by atoms with Gasteiger partial charge in [-0.15, -0.1) is 4.33 Å². The molecular formula is C8H8O7S2. The van der Waals surface area contributed by atoms with E-state index in [-0.39, 0.29) is 16.9 Å². The Labute approximate surface area is 101 Å². The monoisotopic (exact) mass is 280 g/mol.